The summed E-state index contributed by atoms with van der Waals surface area (Å²) in [6.07, 6.45) is 0. The van der Waals surface area contributed by atoms with Crippen LogP contribution in [0.15, 0.2) is 0 Å². The van der Waals surface area contributed by atoms with Crippen LogP contribution >= 0.6 is 0 Å². The van der Waals surface area contributed by atoms with E-state index in [9.17, 15) is 4.79 Å². The van der Waals surface area contributed by atoms with Crippen molar-refractivity contribution in [3.8, 4) is 0 Å². The Morgan fingerprint density at radius 3 is 2.43 bits per heavy atom. The summed E-state index contributed by atoms with van der Waals surface area (Å²) >= 11 is 0. The number of nitrogens with zero attached hydrogens (tertiary/aromatic N) is 2. The summed E-state index contributed by atoms with van der Waals surface area (Å²) in [5.74, 6) is -0.728. The average molecular weight is 200 g/mol. The van der Waals surface area contributed by atoms with Crippen LogP contribution in [-0.2, 0) is 4.79 Å². The van der Waals surface area contributed by atoms with Gasteiger partial charge in [-0.1, -0.05) is 0 Å². The van der Waals surface area contributed by atoms with E-state index in [1.807, 2.05) is 0 Å². The Morgan fingerprint density at radius 1 is 1.36 bits per heavy atom. The van der Waals surface area contributed by atoms with E-state index >= 15 is 0 Å². The fourth-order valence-electron chi connectivity index (χ4n) is 2.01. The standard InChI is InChI=1S/C10H20N2O2/c1-7-6-12(9(3)10(13)14)8(2)5-11(7)4/h7-9H,5-6H2,1-4H3,(H,13,14). The van der Waals surface area contributed by atoms with Gasteiger partial charge in [-0.15, -0.1) is 0 Å². The third kappa shape index (κ3) is 2.25. The first-order valence-electron chi connectivity index (χ1n) is 5.12. The van der Waals surface area contributed by atoms with Crippen molar-refractivity contribution in [2.75, 3.05) is 20.1 Å². The van der Waals surface area contributed by atoms with Gasteiger partial charge in [0.05, 0.1) is 0 Å². The van der Waals surface area contributed by atoms with Crippen molar-refractivity contribution in [3.63, 3.8) is 0 Å². The Balaban J connectivity index is 2.65. The maximum atomic E-state index is 10.9. The third-order valence-electron chi connectivity index (χ3n) is 3.20. The fourth-order valence-corrected chi connectivity index (χ4v) is 2.01. The zero-order valence-corrected chi connectivity index (χ0v) is 9.40. The Kier molecular flexibility index (Phi) is 3.50. The molecule has 4 heteroatoms. The molecular formula is C10H20N2O2. The van der Waals surface area contributed by atoms with Crippen molar-refractivity contribution in [2.24, 2.45) is 0 Å². The van der Waals surface area contributed by atoms with Crippen molar-refractivity contribution >= 4 is 5.97 Å². The summed E-state index contributed by atoms with van der Waals surface area (Å²) in [4.78, 5) is 15.2. The summed E-state index contributed by atoms with van der Waals surface area (Å²) in [5, 5.41) is 8.95. The van der Waals surface area contributed by atoms with Crippen LogP contribution < -0.4 is 0 Å². The highest BCUT2D eigenvalue weighted by Crippen LogP contribution is 2.16. The number of carbonyl (C=O) groups is 1. The van der Waals surface area contributed by atoms with Gasteiger partial charge in [0.1, 0.15) is 6.04 Å². The molecule has 0 amide bonds. The zero-order valence-electron chi connectivity index (χ0n) is 9.40. The molecule has 0 aromatic heterocycles. The monoisotopic (exact) mass is 200 g/mol. The minimum absolute atomic E-state index is 0.322. The lowest BCUT2D eigenvalue weighted by Gasteiger charge is -2.44. The second kappa shape index (κ2) is 4.28. The van der Waals surface area contributed by atoms with Crippen LogP contribution in [0.3, 0.4) is 0 Å². The van der Waals surface area contributed by atoms with E-state index in [1.165, 1.54) is 0 Å². The van der Waals surface area contributed by atoms with E-state index in [0.717, 1.165) is 13.1 Å². The molecule has 0 aromatic carbocycles. The van der Waals surface area contributed by atoms with Crippen LogP contribution in [0.25, 0.3) is 0 Å². The Labute approximate surface area is 85.5 Å². The van der Waals surface area contributed by atoms with Gasteiger partial charge in [0.25, 0.3) is 0 Å². The first kappa shape index (κ1) is 11.5. The molecular weight excluding hydrogens is 180 g/mol. The Morgan fingerprint density at radius 2 is 1.93 bits per heavy atom. The molecule has 0 bridgehead atoms. The normalized spacial score (nSPS) is 32.9. The highest BCUT2D eigenvalue weighted by molar-refractivity contribution is 5.72. The fraction of sp³-hybridized carbons (Fsp3) is 0.900. The lowest BCUT2D eigenvalue weighted by Crippen LogP contribution is -2.58. The van der Waals surface area contributed by atoms with E-state index in [0.29, 0.717) is 12.1 Å². The van der Waals surface area contributed by atoms with Gasteiger partial charge in [-0.2, -0.15) is 0 Å². The minimum atomic E-state index is -0.728. The lowest BCUT2D eigenvalue weighted by molar-refractivity contribution is -0.145. The van der Waals surface area contributed by atoms with Gasteiger partial charge >= 0.3 is 5.97 Å². The molecule has 0 radical (unpaired) electrons. The predicted molar refractivity (Wildman–Crippen MR) is 55.4 cm³/mol. The summed E-state index contributed by atoms with van der Waals surface area (Å²) in [6.45, 7) is 7.76. The van der Waals surface area contributed by atoms with Gasteiger partial charge in [-0.05, 0) is 27.8 Å². The molecule has 3 atom stereocenters. The van der Waals surface area contributed by atoms with E-state index < -0.39 is 5.97 Å². The van der Waals surface area contributed by atoms with Crippen LogP contribution in [0.2, 0.25) is 0 Å². The third-order valence-corrected chi connectivity index (χ3v) is 3.20. The zero-order chi connectivity index (χ0) is 10.9. The molecule has 1 aliphatic heterocycles. The van der Waals surface area contributed by atoms with E-state index in [2.05, 4.69) is 30.7 Å². The number of hydrogen-bond acceptors (Lipinski definition) is 3. The summed E-state index contributed by atoms with van der Waals surface area (Å²) in [6, 6.07) is 0.386. The number of rotatable bonds is 2. The van der Waals surface area contributed by atoms with E-state index in [1.54, 1.807) is 6.92 Å². The van der Waals surface area contributed by atoms with Crippen LogP contribution in [-0.4, -0.2) is 59.1 Å². The Hall–Kier alpha value is -0.610. The van der Waals surface area contributed by atoms with Gasteiger partial charge in [-0.25, -0.2) is 0 Å². The largest absolute Gasteiger partial charge is 0.480 e. The quantitative estimate of drug-likeness (QED) is 0.704. The molecule has 1 heterocycles. The maximum Gasteiger partial charge on any atom is 0.320 e. The van der Waals surface area contributed by atoms with Gasteiger partial charge in [0.15, 0.2) is 0 Å². The van der Waals surface area contributed by atoms with Crippen molar-refractivity contribution in [1.29, 1.82) is 0 Å². The van der Waals surface area contributed by atoms with Crippen LogP contribution in [0.1, 0.15) is 20.8 Å². The molecule has 14 heavy (non-hydrogen) atoms. The second-order valence-corrected chi connectivity index (χ2v) is 4.35. The number of aliphatic carboxylic acids is 1. The summed E-state index contributed by atoms with van der Waals surface area (Å²) < 4.78 is 0. The molecule has 4 nitrogen and oxygen atoms in total. The molecule has 1 aliphatic rings. The number of likely N-dealkylation sites (N-methyl/N-ethyl adjacent to an activating group) is 1. The molecule has 0 aliphatic carbocycles. The van der Waals surface area contributed by atoms with Gasteiger partial charge in [0, 0.05) is 25.2 Å². The highest BCUT2D eigenvalue weighted by Gasteiger charge is 2.32. The van der Waals surface area contributed by atoms with E-state index in [-0.39, 0.29) is 6.04 Å². The van der Waals surface area contributed by atoms with Crippen molar-refractivity contribution in [3.05, 3.63) is 0 Å². The number of carboxylic acids is 1. The average Bonchev–Trinajstić information content (AvgIpc) is 2.10. The molecule has 0 aromatic rings. The van der Waals surface area contributed by atoms with Crippen molar-refractivity contribution in [2.45, 2.75) is 38.9 Å². The van der Waals surface area contributed by atoms with Gasteiger partial charge < -0.3 is 10.0 Å². The first-order chi connectivity index (χ1) is 6.43. The topological polar surface area (TPSA) is 43.8 Å². The molecule has 1 N–H and O–H groups in total. The van der Waals surface area contributed by atoms with Gasteiger partial charge in [0.2, 0.25) is 0 Å². The molecule has 1 saturated heterocycles. The number of hydrogen-bond donors (Lipinski definition) is 1. The van der Waals surface area contributed by atoms with Crippen LogP contribution in [0, 0.1) is 0 Å². The lowest BCUT2D eigenvalue weighted by atomic mass is 10.1. The smallest absolute Gasteiger partial charge is 0.320 e. The summed E-state index contributed by atoms with van der Waals surface area (Å²) in [5.41, 5.74) is 0. The molecule has 1 rings (SSSR count). The number of carboxylic acid groups (broad SMARTS) is 1. The number of piperazine rings is 1. The SMILES string of the molecule is CC1CN(C(C)C(=O)O)C(C)CN1C. The molecule has 3 unspecified atom stereocenters. The molecule has 82 valence electrons. The molecule has 1 fully saturated rings. The Bertz CT molecular complexity index is 220. The summed E-state index contributed by atoms with van der Waals surface area (Å²) in [7, 11) is 2.09. The highest BCUT2D eigenvalue weighted by atomic mass is 16.4. The second-order valence-electron chi connectivity index (χ2n) is 4.35. The van der Waals surface area contributed by atoms with Crippen LogP contribution in [0.4, 0.5) is 0 Å². The molecule has 0 spiro atoms. The van der Waals surface area contributed by atoms with Crippen molar-refractivity contribution < 1.29 is 9.90 Å². The minimum Gasteiger partial charge on any atom is -0.480 e. The molecule has 0 saturated carbocycles. The van der Waals surface area contributed by atoms with Crippen LogP contribution in [0.5, 0.6) is 0 Å². The van der Waals surface area contributed by atoms with Crippen molar-refractivity contribution in [1.82, 2.24) is 9.80 Å². The predicted octanol–water partition coefficient (Wildman–Crippen LogP) is 0.484. The van der Waals surface area contributed by atoms with Gasteiger partial charge in [-0.3, -0.25) is 9.69 Å². The van der Waals surface area contributed by atoms with E-state index in [4.69, 9.17) is 5.11 Å². The maximum absolute atomic E-state index is 10.9. The first-order valence-corrected chi connectivity index (χ1v) is 5.12.